The Labute approximate surface area is 170 Å². The van der Waals surface area contributed by atoms with E-state index in [2.05, 4.69) is 10.6 Å². The number of para-hydroxylation sites is 2. The maximum Gasteiger partial charge on any atom is 0.293 e. The summed E-state index contributed by atoms with van der Waals surface area (Å²) >= 11 is 5.99. The molecule has 1 heterocycles. The van der Waals surface area contributed by atoms with Gasteiger partial charge in [-0.15, -0.1) is 0 Å². The first-order valence-corrected chi connectivity index (χ1v) is 9.05. The van der Waals surface area contributed by atoms with Crippen molar-refractivity contribution in [1.82, 2.24) is 0 Å². The van der Waals surface area contributed by atoms with E-state index >= 15 is 0 Å². The molecule has 144 valence electrons. The largest absolute Gasteiger partial charge is 0.449 e. The van der Waals surface area contributed by atoms with Crippen molar-refractivity contribution in [3.8, 4) is 0 Å². The summed E-state index contributed by atoms with van der Waals surface area (Å²) in [5.41, 5.74) is 0.792. The Kier molecular flexibility index (Phi) is 5.01. The third-order valence-corrected chi connectivity index (χ3v) is 4.58. The van der Waals surface area contributed by atoms with Gasteiger partial charge in [-0.25, -0.2) is 4.39 Å². The first-order valence-electron chi connectivity index (χ1n) is 8.68. The van der Waals surface area contributed by atoms with Crippen molar-refractivity contribution in [1.29, 1.82) is 0 Å². The van der Waals surface area contributed by atoms with Crippen LogP contribution in [0.3, 0.4) is 0 Å². The van der Waals surface area contributed by atoms with Crippen LogP contribution in [-0.4, -0.2) is 11.8 Å². The lowest BCUT2D eigenvalue weighted by Crippen LogP contribution is -2.18. The Morgan fingerprint density at radius 3 is 2.31 bits per heavy atom. The molecule has 0 radical (unpaired) electrons. The molecule has 0 fully saturated rings. The number of carbonyl (C=O) groups is 2. The van der Waals surface area contributed by atoms with Crippen LogP contribution in [0.2, 0.25) is 5.02 Å². The molecule has 0 saturated carbocycles. The lowest BCUT2D eigenvalue weighted by molar-refractivity contribution is 0.0999. The van der Waals surface area contributed by atoms with Crippen LogP contribution >= 0.6 is 11.6 Å². The number of hydrogen-bond acceptors (Lipinski definition) is 3. The zero-order chi connectivity index (χ0) is 20.4. The van der Waals surface area contributed by atoms with E-state index in [1.54, 1.807) is 48.5 Å². The summed E-state index contributed by atoms with van der Waals surface area (Å²) in [4.78, 5) is 25.5. The van der Waals surface area contributed by atoms with E-state index in [1.807, 2.05) is 6.07 Å². The van der Waals surface area contributed by atoms with E-state index < -0.39 is 17.6 Å². The molecule has 4 aromatic rings. The van der Waals surface area contributed by atoms with E-state index in [1.165, 1.54) is 12.1 Å². The predicted molar refractivity (Wildman–Crippen MR) is 110 cm³/mol. The molecule has 0 aliphatic rings. The standard InChI is InChI=1S/C22H14ClFN2O3/c23-15-10-6-11-16(24)18(15)21(27)26-19-14-9-4-5-12-17(14)29-20(19)22(28)25-13-7-2-1-3-8-13/h1-12H,(H,25,28)(H,26,27). The molecule has 0 bridgehead atoms. The second kappa shape index (κ2) is 7.77. The van der Waals surface area contributed by atoms with Crippen LogP contribution in [0.1, 0.15) is 20.9 Å². The Hall–Kier alpha value is -3.64. The quantitative estimate of drug-likeness (QED) is 0.453. The summed E-state index contributed by atoms with van der Waals surface area (Å²) in [6.07, 6.45) is 0. The van der Waals surface area contributed by atoms with Gasteiger partial charge in [0.05, 0.1) is 10.6 Å². The lowest BCUT2D eigenvalue weighted by Gasteiger charge is -2.09. The smallest absolute Gasteiger partial charge is 0.293 e. The fourth-order valence-corrected chi connectivity index (χ4v) is 3.18. The highest BCUT2D eigenvalue weighted by atomic mass is 35.5. The maximum absolute atomic E-state index is 14.1. The second-order valence-electron chi connectivity index (χ2n) is 6.17. The molecule has 3 aromatic carbocycles. The third-order valence-electron chi connectivity index (χ3n) is 4.26. The highest BCUT2D eigenvalue weighted by Crippen LogP contribution is 2.32. The molecule has 1 aromatic heterocycles. The van der Waals surface area contributed by atoms with Crippen molar-refractivity contribution in [3.05, 3.63) is 95.0 Å². The number of benzene rings is 3. The molecule has 5 nitrogen and oxygen atoms in total. The molecular formula is C22H14ClFN2O3. The SMILES string of the molecule is O=C(Nc1ccccc1)c1oc2ccccc2c1NC(=O)c1c(F)cccc1Cl. The van der Waals surface area contributed by atoms with Crippen molar-refractivity contribution < 1.29 is 18.4 Å². The minimum atomic E-state index is -0.784. The zero-order valence-electron chi connectivity index (χ0n) is 14.9. The summed E-state index contributed by atoms with van der Waals surface area (Å²) < 4.78 is 19.8. The number of rotatable bonds is 4. The Bertz CT molecular complexity index is 1200. The monoisotopic (exact) mass is 408 g/mol. The number of furan rings is 1. The summed E-state index contributed by atoms with van der Waals surface area (Å²) in [6.45, 7) is 0. The average Bonchev–Trinajstić information content (AvgIpc) is 3.07. The van der Waals surface area contributed by atoms with Crippen LogP contribution in [0.5, 0.6) is 0 Å². The number of nitrogens with one attached hydrogen (secondary N) is 2. The van der Waals surface area contributed by atoms with Crippen molar-refractivity contribution >= 4 is 45.8 Å². The van der Waals surface area contributed by atoms with E-state index in [4.69, 9.17) is 16.0 Å². The van der Waals surface area contributed by atoms with Crippen LogP contribution in [0.4, 0.5) is 15.8 Å². The minimum absolute atomic E-state index is 0.0365. The Morgan fingerprint density at radius 2 is 1.55 bits per heavy atom. The molecule has 0 aliphatic heterocycles. The topological polar surface area (TPSA) is 71.3 Å². The van der Waals surface area contributed by atoms with Crippen molar-refractivity contribution in [3.63, 3.8) is 0 Å². The van der Waals surface area contributed by atoms with Gasteiger partial charge in [0.2, 0.25) is 5.76 Å². The molecule has 4 rings (SSSR count). The minimum Gasteiger partial charge on any atom is -0.449 e. The average molecular weight is 409 g/mol. The van der Waals surface area contributed by atoms with Crippen molar-refractivity contribution in [2.45, 2.75) is 0 Å². The fraction of sp³-hybridized carbons (Fsp3) is 0. The van der Waals surface area contributed by atoms with Crippen molar-refractivity contribution in [2.75, 3.05) is 10.6 Å². The predicted octanol–water partition coefficient (Wildman–Crippen LogP) is 5.73. The Morgan fingerprint density at radius 1 is 0.828 bits per heavy atom. The van der Waals surface area contributed by atoms with Gasteiger partial charge in [0.15, 0.2) is 0 Å². The van der Waals surface area contributed by atoms with Gasteiger partial charge in [-0.1, -0.05) is 48.0 Å². The van der Waals surface area contributed by atoms with Crippen LogP contribution in [0.25, 0.3) is 11.0 Å². The number of carbonyl (C=O) groups excluding carboxylic acids is 2. The van der Waals surface area contributed by atoms with E-state index in [-0.39, 0.29) is 22.0 Å². The van der Waals surface area contributed by atoms with Gasteiger partial charge in [-0.2, -0.15) is 0 Å². The zero-order valence-corrected chi connectivity index (χ0v) is 15.7. The highest BCUT2D eigenvalue weighted by molar-refractivity contribution is 6.34. The van der Waals surface area contributed by atoms with Gasteiger partial charge < -0.3 is 15.1 Å². The molecular weight excluding hydrogens is 395 g/mol. The summed E-state index contributed by atoms with van der Waals surface area (Å²) in [5.74, 6) is -2.20. The van der Waals surface area contributed by atoms with Gasteiger partial charge in [0, 0.05) is 11.1 Å². The second-order valence-corrected chi connectivity index (χ2v) is 6.58. The maximum atomic E-state index is 14.1. The van der Waals surface area contributed by atoms with E-state index in [9.17, 15) is 14.0 Å². The van der Waals surface area contributed by atoms with E-state index in [0.717, 1.165) is 6.07 Å². The summed E-state index contributed by atoms with van der Waals surface area (Å²) in [6, 6.07) is 19.6. The molecule has 2 amide bonds. The van der Waals surface area contributed by atoms with Gasteiger partial charge in [0.25, 0.3) is 11.8 Å². The normalized spacial score (nSPS) is 10.7. The van der Waals surface area contributed by atoms with Gasteiger partial charge in [-0.05, 0) is 36.4 Å². The van der Waals surface area contributed by atoms with Crippen LogP contribution in [0, 0.1) is 5.82 Å². The first kappa shape index (κ1) is 18.7. The number of amides is 2. The summed E-state index contributed by atoms with van der Waals surface area (Å²) in [5, 5.41) is 5.76. The van der Waals surface area contributed by atoms with Gasteiger partial charge in [0.1, 0.15) is 17.1 Å². The number of halogens is 2. The molecule has 0 aliphatic carbocycles. The van der Waals surface area contributed by atoms with E-state index in [0.29, 0.717) is 16.7 Å². The molecule has 0 unspecified atom stereocenters. The highest BCUT2D eigenvalue weighted by Gasteiger charge is 2.24. The van der Waals surface area contributed by atoms with Gasteiger partial charge >= 0.3 is 0 Å². The van der Waals surface area contributed by atoms with Crippen LogP contribution < -0.4 is 10.6 Å². The molecule has 0 saturated heterocycles. The molecule has 7 heteroatoms. The molecule has 29 heavy (non-hydrogen) atoms. The third kappa shape index (κ3) is 3.70. The number of hydrogen-bond donors (Lipinski definition) is 2. The number of anilines is 2. The van der Waals surface area contributed by atoms with Crippen molar-refractivity contribution in [2.24, 2.45) is 0 Å². The summed E-state index contributed by atoms with van der Waals surface area (Å²) in [7, 11) is 0. The van der Waals surface area contributed by atoms with Crippen LogP contribution in [0.15, 0.2) is 77.2 Å². The molecule has 2 N–H and O–H groups in total. The fourth-order valence-electron chi connectivity index (χ4n) is 2.93. The van der Waals surface area contributed by atoms with Gasteiger partial charge in [-0.3, -0.25) is 9.59 Å². The first-order chi connectivity index (χ1) is 14.0. The molecule has 0 spiro atoms. The van der Waals surface area contributed by atoms with Crippen LogP contribution in [-0.2, 0) is 0 Å². The molecule has 0 atom stereocenters. The lowest BCUT2D eigenvalue weighted by atomic mass is 10.1. The number of fused-ring (bicyclic) bond motifs is 1. The Balaban J connectivity index is 1.74.